The Morgan fingerprint density at radius 3 is 2.57 bits per heavy atom. The van der Waals surface area contributed by atoms with E-state index in [4.69, 9.17) is 21.1 Å². The molecule has 0 saturated heterocycles. The molecule has 0 saturated carbocycles. The molecule has 0 spiro atoms. The van der Waals surface area contributed by atoms with Crippen LogP contribution in [-0.4, -0.2) is 29.5 Å². The largest absolute Gasteiger partial charge is 0.496 e. The normalized spacial score (nSPS) is 11.0. The fourth-order valence-electron chi connectivity index (χ4n) is 2.89. The van der Waals surface area contributed by atoms with Crippen molar-refractivity contribution in [2.75, 3.05) is 13.7 Å². The zero-order valence-electron chi connectivity index (χ0n) is 16.0. The summed E-state index contributed by atoms with van der Waals surface area (Å²) in [5.41, 5.74) is 3.51. The fourth-order valence-corrected chi connectivity index (χ4v) is 3.23. The Morgan fingerprint density at radius 1 is 1.14 bits per heavy atom. The molecule has 0 radical (unpaired) electrons. The molecule has 1 heterocycles. The first-order chi connectivity index (χ1) is 13.6. The van der Waals surface area contributed by atoms with E-state index in [0.717, 1.165) is 16.9 Å². The molecular formula is C22H21ClN2O3. The van der Waals surface area contributed by atoms with Crippen molar-refractivity contribution in [1.29, 1.82) is 0 Å². The first-order valence-electron chi connectivity index (χ1n) is 8.89. The van der Waals surface area contributed by atoms with Crippen LogP contribution in [0.1, 0.15) is 34.1 Å². The summed E-state index contributed by atoms with van der Waals surface area (Å²) in [6, 6.07) is 15.1. The summed E-state index contributed by atoms with van der Waals surface area (Å²) in [7, 11) is 1.52. The number of aromatic nitrogens is 2. The van der Waals surface area contributed by atoms with E-state index in [1.54, 1.807) is 17.7 Å². The number of para-hydroxylation sites is 1. The van der Waals surface area contributed by atoms with E-state index in [0.29, 0.717) is 22.0 Å². The SMILES string of the molecule is CCOC(=O)c1c(/C=C/c2c(C)nn(-c3ccccc3)c2Cl)cccc1OC. The monoisotopic (exact) mass is 396 g/mol. The lowest BCUT2D eigenvalue weighted by molar-refractivity contribution is 0.0522. The van der Waals surface area contributed by atoms with Crippen LogP contribution in [0.3, 0.4) is 0 Å². The molecule has 0 aliphatic carbocycles. The first-order valence-corrected chi connectivity index (χ1v) is 9.27. The predicted octanol–water partition coefficient (Wildman–Crippen LogP) is 5.19. The van der Waals surface area contributed by atoms with Crippen LogP contribution in [0.25, 0.3) is 17.8 Å². The van der Waals surface area contributed by atoms with Gasteiger partial charge in [0.2, 0.25) is 0 Å². The number of nitrogens with zero attached hydrogens (tertiary/aromatic N) is 2. The van der Waals surface area contributed by atoms with Crippen LogP contribution in [-0.2, 0) is 4.74 Å². The van der Waals surface area contributed by atoms with Crippen LogP contribution >= 0.6 is 11.6 Å². The Labute approximate surface area is 169 Å². The number of carbonyl (C=O) groups is 1. The highest BCUT2D eigenvalue weighted by Gasteiger charge is 2.18. The minimum Gasteiger partial charge on any atom is -0.496 e. The summed E-state index contributed by atoms with van der Waals surface area (Å²) in [4.78, 5) is 12.4. The van der Waals surface area contributed by atoms with Gasteiger partial charge in [-0.25, -0.2) is 9.48 Å². The van der Waals surface area contributed by atoms with Crippen LogP contribution in [0.5, 0.6) is 5.75 Å². The van der Waals surface area contributed by atoms with Gasteiger partial charge < -0.3 is 9.47 Å². The first kappa shape index (κ1) is 19.7. The number of hydrogen-bond acceptors (Lipinski definition) is 4. The molecule has 0 atom stereocenters. The van der Waals surface area contributed by atoms with Gasteiger partial charge in [0.25, 0.3) is 0 Å². The lowest BCUT2D eigenvalue weighted by Crippen LogP contribution is -2.08. The predicted molar refractivity (Wildman–Crippen MR) is 111 cm³/mol. The topological polar surface area (TPSA) is 53.3 Å². The summed E-state index contributed by atoms with van der Waals surface area (Å²) in [5, 5.41) is 5.03. The van der Waals surface area contributed by atoms with Crippen molar-refractivity contribution >= 4 is 29.7 Å². The molecule has 3 rings (SSSR count). The minimum atomic E-state index is -0.428. The van der Waals surface area contributed by atoms with E-state index in [2.05, 4.69) is 5.10 Å². The molecule has 2 aromatic carbocycles. The highest BCUT2D eigenvalue weighted by molar-refractivity contribution is 6.31. The number of hydrogen-bond donors (Lipinski definition) is 0. The molecule has 0 amide bonds. The number of halogens is 1. The lowest BCUT2D eigenvalue weighted by atomic mass is 10.0. The third kappa shape index (κ3) is 3.94. The maximum Gasteiger partial charge on any atom is 0.342 e. The summed E-state index contributed by atoms with van der Waals surface area (Å²) in [5.74, 6) is 0.0331. The Balaban J connectivity index is 2.02. The van der Waals surface area contributed by atoms with Gasteiger partial charge in [0.1, 0.15) is 16.5 Å². The highest BCUT2D eigenvalue weighted by Crippen LogP contribution is 2.28. The molecule has 0 aliphatic rings. The maximum absolute atomic E-state index is 12.4. The Bertz CT molecular complexity index is 1010. The average Bonchev–Trinajstić information content (AvgIpc) is 3.00. The van der Waals surface area contributed by atoms with Crippen LogP contribution in [0.4, 0.5) is 0 Å². The number of rotatable bonds is 6. The second-order valence-electron chi connectivity index (χ2n) is 6.02. The van der Waals surface area contributed by atoms with Crippen LogP contribution in [0.15, 0.2) is 48.5 Å². The van der Waals surface area contributed by atoms with Gasteiger partial charge in [0.15, 0.2) is 0 Å². The highest BCUT2D eigenvalue weighted by atomic mass is 35.5. The minimum absolute atomic E-state index is 0.287. The zero-order valence-corrected chi connectivity index (χ0v) is 16.7. The molecule has 1 aromatic heterocycles. The van der Waals surface area contributed by atoms with Crippen molar-refractivity contribution in [3.05, 3.63) is 76.1 Å². The Hall–Kier alpha value is -3.05. The van der Waals surface area contributed by atoms with Gasteiger partial charge in [0.05, 0.1) is 25.1 Å². The van der Waals surface area contributed by atoms with Crippen molar-refractivity contribution in [1.82, 2.24) is 9.78 Å². The molecule has 144 valence electrons. The maximum atomic E-state index is 12.4. The van der Waals surface area contributed by atoms with Crippen molar-refractivity contribution in [3.8, 4) is 11.4 Å². The number of carbonyl (C=O) groups excluding carboxylic acids is 1. The molecular weight excluding hydrogens is 376 g/mol. The summed E-state index contributed by atoms with van der Waals surface area (Å²) in [6.45, 7) is 3.95. The molecule has 28 heavy (non-hydrogen) atoms. The number of benzene rings is 2. The van der Waals surface area contributed by atoms with Crippen molar-refractivity contribution in [2.45, 2.75) is 13.8 Å². The van der Waals surface area contributed by atoms with Gasteiger partial charge in [-0.05, 0) is 43.7 Å². The average molecular weight is 397 g/mol. The van der Waals surface area contributed by atoms with Crippen LogP contribution < -0.4 is 4.74 Å². The third-order valence-corrected chi connectivity index (χ3v) is 4.60. The van der Waals surface area contributed by atoms with Gasteiger partial charge in [-0.2, -0.15) is 5.10 Å². The second kappa shape index (κ2) is 8.76. The molecule has 0 unspecified atom stereocenters. The number of esters is 1. The van der Waals surface area contributed by atoms with Crippen molar-refractivity contribution < 1.29 is 14.3 Å². The molecule has 0 bridgehead atoms. The van der Waals surface area contributed by atoms with E-state index in [-0.39, 0.29) is 6.61 Å². The third-order valence-electron chi connectivity index (χ3n) is 4.24. The Morgan fingerprint density at radius 2 is 1.89 bits per heavy atom. The second-order valence-corrected chi connectivity index (χ2v) is 6.37. The van der Waals surface area contributed by atoms with E-state index < -0.39 is 5.97 Å². The van der Waals surface area contributed by atoms with Gasteiger partial charge >= 0.3 is 5.97 Å². The lowest BCUT2D eigenvalue weighted by Gasteiger charge is -2.10. The van der Waals surface area contributed by atoms with Crippen LogP contribution in [0.2, 0.25) is 5.15 Å². The molecule has 6 heteroatoms. The summed E-state index contributed by atoms with van der Waals surface area (Å²) >= 11 is 6.57. The molecule has 5 nitrogen and oxygen atoms in total. The summed E-state index contributed by atoms with van der Waals surface area (Å²) < 4.78 is 12.2. The van der Waals surface area contributed by atoms with Crippen molar-refractivity contribution in [2.24, 2.45) is 0 Å². The smallest absolute Gasteiger partial charge is 0.342 e. The molecule has 0 fully saturated rings. The van der Waals surface area contributed by atoms with Gasteiger partial charge in [-0.3, -0.25) is 0 Å². The number of aryl methyl sites for hydroxylation is 1. The molecule has 3 aromatic rings. The standard InChI is InChI=1S/C22H21ClN2O3/c1-4-28-22(26)20-16(9-8-12-19(20)27-3)13-14-18-15(2)24-25(21(18)23)17-10-6-5-7-11-17/h5-14H,4H2,1-3H3/b14-13+. The van der Waals surface area contributed by atoms with E-state index >= 15 is 0 Å². The zero-order chi connectivity index (χ0) is 20.1. The number of methoxy groups -OCH3 is 1. The van der Waals surface area contributed by atoms with E-state index in [1.165, 1.54) is 7.11 Å². The van der Waals surface area contributed by atoms with Crippen LogP contribution in [0, 0.1) is 6.92 Å². The van der Waals surface area contributed by atoms with Gasteiger partial charge in [-0.1, -0.05) is 48.0 Å². The molecule has 0 aliphatic heterocycles. The summed E-state index contributed by atoms with van der Waals surface area (Å²) in [6.07, 6.45) is 3.67. The van der Waals surface area contributed by atoms with E-state index in [9.17, 15) is 4.79 Å². The van der Waals surface area contributed by atoms with Crippen molar-refractivity contribution in [3.63, 3.8) is 0 Å². The quantitative estimate of drug-likeness (QED) is 0.538. The Kier molecular flexibility index (Phi) is 6.16. The van der Waals surface area contributed by atoms with Gasteiger partial charge in [0, 0.05) is 5.56 Å². The van der Waals surface area contributed by atoms with E-state index in [1.807, 2.05) is 61.5 Å². The number of ether oxygens (including phenoxy) is 2. The van der Waals surface area contributed by atoms with Gasteiger partial charge in [-0.15, -0.1) is 0 Å². The molecule has 0 N–H and O–H groups in total. The fraction of sp³-hybridized carbons (Fsp3) is 0.182.